The van der Waals surface area contributed by atoms with Crippen molar-refractivity contribution in [1.82, 2.24) is 0 Å². The molecule has 0 bridgehead atoms. The van der Waals surface area contributed by atoms with Gasteiger partial charge in [0, 0.05) is 12.7 Å². The average molecular weight is 120 g/mol. The van der Waals surface area contributed by atoms with Gasteiger partial charge in [-0.15, -0.1) is 0 Å². The van der Waals surface area contributed by atoms with E-state index in [2.05, 4.69) is 4.18 Å². The molecule has 0 heterocycles. The Bertz CT molecular complexity index is 62.7. The molecule has 0 aliphatic rings. The van der Waals surface area contributed by atoms with Crippen molar-refractivity contribution < 1.29 is 8.98 Å². The molecule has 0 saturated heterocycles. The molecule has 0 aliphatic carbocycles. The van der Waals surface area contributed by atoms with Gasteiger partial charge in [-0.2, -0.15) is 0 Å². The summed E-state index contributed by atoms with van der Waals surface area (Å²) in [5.41, 5.74) is 0. The number of carbonyl (C=O) groups is 1. The predicted octanol–water partition coefficient (Wildman–Crippen LogP) is 1.22. The lowest BCUT2D eigenvalue weighted by molar-refractivity contribution is -0.130. The molecule has 0 fully saturated rings. The van der Waals surface area contributed by atoms with E-state index in [-0.39, 0.29) is 5.97 Å². The van der Waals surface area contributed by atoms with E-state index in [1.807, 2.05) is 6.92 Å². The molecule has 0 aromatic rings. The molecule has 3 heteroatoms. The van der Waals surface area contributed by atoms with Crippen LogP contribution in [-0.4, -0.2) is 11.7 Å². The highest BCUT2D eigenvalue weighted by molar-refractivity contribution is 7.95. The van der Waals surface area contributed by atoms with Gasteiger partial charge >= 0.3 is 5.97 Å². The third kappa shape index (κ3) is 5.82. The molecule has 0 rings (SSSR count). The fourth-order valence-electron chi connectivity index (χ4n) is 0.142. The third-order valence-corrected chi connectivity index (χ3v) is 0.882. The van der Waals surface area contributed by atoms with Gasteiger partial charge in [-0.3, -0.25) is 4.79 Å². The summed E-state index contributed by atoms with van der Waals surface area (Å²) in [7, 11) is 0. The van der Waals surface area contributed by atoms with Crippen molar-refractivity contribution in [2.24, 2.45) is 0 Å². The van der Waals surface area contributed by atoms with E-state index in [9.17, 15) is 4.79 Å². The van der Waals surface area contributed by atoms with E-state index in [0.29, 0.717) is 0 Å². The zero-order valence-electron chi connectivity index (χ0n) is 4.43. The molecule has 0 spiro atoms. The van der Waals surface area contributed by atoms with Gasteiger partial charge in [0.1, 0.15) is 0 Å². The van der Waals surface area contributed by atoms with Crippen LogP contribution in [0.5, 0.6) is 0 Å². The molecule has 0 unspecified atom stereocenters. The Hall–Kier alpha value is -0.180. The van der Waals surface area contributed by atoms with Crippen LogP contribution in [0.4, 0.5) is 0 Å². The summed E-state index contributed by atoms with van der Waals surface area (Å²) in [5.74, 6) is 0.589. The first-order valence-electron chi connectivity index (χ1n) is 2.07. The molecule has 0 radical (unpaired) electrons. The Morgan fingerprint density at radius 1 is 1.86 bits per heavy atom. The minimum absolute atomic E-state index is 0.230. The lowest BCUT2D eigenvalue weighted by Gasteiger charge is -1.90. The first kappa shape index (κ1) is 6.82. The van der Waals surface area contributed by atoms with Gasteiger partial charge in [0.05, 0.1) is 12.0 Å². The number of carbonyl (C=O) groups excluding carboxylic acids is 1. The van der Waals surface area contributed by atoms with Crippen LogP contribution in [0.2, 0.25) is 0 Å². The zero-order valence-corrected chi connectivity index (χ0v) is 5.25. The molecular formula is C4H8O2S. The molecule has 2 nitrogen and oxygen atoms in total. The predicted molar refractivity (Wildman–Crippen MR) is 29.9 cm³/mol. The molecule has 0 N–H and O–H groups in total. The van der Waals surface area contributed by atoms with Crippen molar-refractivity contribution in [3.63, 3.8) is 0 Å². The summed E-state index contributed by atoms with van der Waals surface area (Å²) in [6, 6.07) is 0. The first-order valence-corrected chi connectivity index (χ1v) is 2.98. The largest absolute Gasteiger partial charge is 0.392 e. The van der Waals surface area contributed by atoms with Crippen molar-refractivity contribution in [2.75, 3.05) is 5.75 Å². The Balaban J connectivity index is 2.82. The average Bonchev–Trinajstić information content (AvgIpc) is 1.61. The van der Waals surface area contributed by atoms with Crippen LogP contribution in [0.1, 0.15) is 13.8 Å². The Morgan fingerprint density at radius 3 is 2.57 bits per heavy atom. The van der Waals surface area contributed by atoms with Crippen molar-refractivity contribution in [1.29, 1.82) is 0 Å². The van der Waals surface area contributed by atoms with E-state index in [4.69, 9.17) is 0 Å². The standard InChI is InChI=1S/C4H8O2S/c1-3-7-6-4(2)5/h3H2,1-2H3. The van der Waals surface area contributed by atoms with Crippen molar-refractivity contribution >= 4 is 18.0 Å². The SMILES string of the molecule is CCSOC(C)=O. The summed E-state index contributed by atoms with van der Waals surface area (Å²) >= 11 is 1.17. The van der Waals surface area contributed by atoms with Crippen molar-refractivity contribution in [3.8, 4) is 0 Å². The van der Waals surface area contributed by atoms with Gasteiger partial charge in [-0.05, 0) is 0 Å². The molecule has 0 aromatic carbocycles. The summed E-state index contributed by atoms with van der Waals surface area (Å²) < 4.78 is 4.47. The molecule has 0 atom stereocenters. The minimum atomic E-state index is -0.230. The van der Waals surface area contributed by atoms with Gasteiger partial charge in [0.2, 0.25) is 0 Å². The highest BCUT2D eigenvalue weighted by atomic mass is 32.2. The molecular weight excluding hydrogens is 112 g/mol. The van der Waals surface area contributed by atoms with Crippen LogP contribution in [-0.2, 0) is 8.98 Å². The topological polar surface area (TPSA) is 26.3 Å². The normalized spacial score (nSPS) is 8.29. The molecule has 0 saturated carbocycles. The first-order chi connectivity index (χ1) is 3.27. The van der Waals surface area contributed by atoms with Crippen LogP contribution in [0.15, 0.2) is 0 Å². The summed E-state index contributed by atoms with van der Waals surface area (Å²) in [6.45, 7) is 3.32. The van der Waals surface area contributed by atoms with Crippen LogP contribution < -0.4 is 0 Å². The summed E-state index contributed by atoms with van der Waals surface area (Å²) in [5, 5.41) is 0. The van der Waals surface area contributed by atoms with Crippen LogP contribution >= 0.6 is 12.0 Å². The molecule has 0 aliphatic heterocycles. The second-order valence-electron chi connectivity index (χ2n) is 0.981. The number of hydrogen-bond acceptors (Lipinski definition) is 3. The Labute approximate surface area is 47.4 Å². The zero-order chi connectivity index (χ0) is 5.70. The minimum Gasteiger partial charge on any atom is -0.392 e. The van der Waals surface area contributed by atoms with Gasteiger partial charge in [0.15, 0.2) is 0 Å². The lowest BCUT2D eigenvalue weighted by atomic mass is 10.9. The summed E-state index contributed by atoms with van der Waals surface area (Å²) in [4.78, 5) is 9.96. The van der Waals surface area contributed by atoms with Gasteiger partial charge in [-0.25, -0.2) is 0 Å². The third-order valence-electron chi connectivity index (χ3n) is 0.294. The second-order valence-corrected chi connectivity index (χ2v) is 1.96. The molecule has 0 amide bonds. The Morgan fingerprint density at radius 2 is 2.43 bits per heavy atom. The maximum atomic E-state index is 9.96. The van der Waals surface area contributed by atoms with Crippen LogP contribution in [0.25, 0.3) is 0 Å². The fraction of sp³-hybridized carbons (Fsp3) is 0.750. The lowest BCUT2D eigenvalue weighted by Crippen LogP contribution is -1.88. The second kappa shape index (κ2) is 3.99. The van der Waals surface area contributed by atoms with Crippen LogP contribution in [0, 0.1) is 0 Å². The van der Waals surface area contributed by atoms with Gasteiger partial charge < -0.3 is 4.18 Å². The van der Waals surface area contributed by atoms with E-state index < -0.39 is 0 Å². The van der Waals surface area contributed by atoms with Gasteiger partial charge in [0.25, 0.3) is 0 Å². The van der Waals surface area contributed by atoms with E-state index >= 15 is 0 Å². The van der Waals surface area contributed by atoms with E-state index in [1.165, 1.54) is 19.0 Å². The van der Waals surface area contributed by atoms with Crippen LogP contribution in [0.3, 0.4) is 0 Å². The quantitative estimate of drug-likeness (QED) is 0.512. The molecule has 0 aromatic heterocycles. The monoisotopic (exact) mass is 120 g/mol. The highest BCUT2D eigenvalue weighted by Crippen LogP contribution is 1.99. The molecule has 7 heavy (non-hydrogen) atoms. The van der Waals surface area contributed by atoms with E-state index in [0.717, 1.165) is 5.75 Å². The number of rotatable bonds is 2. The van der Waals surface area contributed by atoms with Gasteiger partial charge in [-0.1, -0.05) is 6.92 Å². The smallest absolute Gasteiger partial charge is 0.314 e. The maximum Gasteiger partial charge on any atom is 0.314 e. The molecule has 42 valence electrons. The van der Waals surface area contributed by atoms with E-state index in [1.54, 1.807) is 0 Å². The van der Waals surface area contributed by atoms with Crippen molar-refractivity contribution in [3.05, 3.63) is 0 Å². The highest BCUT2D eigenvalue weighted by Gasteiger charge is 1.87. The summed E-state index contributed by atoms with van der Waals surface area (Å²) in [6.07, 6.45) is 0. The fourth-order valence-corrected chi connectivity index (χ4v) is 0.426. The Kier molecular flexibility index (Phi) is 3.89. The number of hydrogen-bond donors (Lipinski definition) is 0. The van der Waals surface area contributed by atoms with Crippen molar-refractivity contribution in [2.45, 2.75) is 13.8 Å². The maximum absolute atomic E-state index is 9.96.